The minimum Gasteiger partial charge on any atom is -0.483 e. The van der Waals surface area contributed by atoms with Crippen molar-refractivity contribution in [3.05, 3.63) is 95.9 Å². The predicted octanol–water partition coefficient (Wildman–Crippen LogP) is 4.77. The van der Waals surface area contributed by atoms with Gasteiger partial charge in [0.1, 0.15) is 5.75 Å². The van der Waals surface area contributed by atoms with Crippen LogP contribution in [0.1, 0.15) is 33.5 Å². The molecule has 31 heavy (non-hydrogen) atoms. The summed E-state index contributed by atoms with van der Waals surface area (Å²) in [5.41, 5.74) is 2.23. The number of carbonyl (C=O) groups is 2. The van der Waals surface area contributed by atoms with Crippen molar-refractivity contribution in [2.45, 2.75) is 13.5 Å². The van der Waals surface area contributed by atoms with Crippen LogP contribution >= 0.6 is 0 Å². The molecule has 4 rings (SSSR count). The molecule has 0 radical (unpaired) electrons. The van der Waals surface area contributed by atoms with Gasteiger partial charge in [0.05, 0.1) is 5.56 Å². The first kappa shape index (κ1) is 20.0. The summed E-state index contributed by atoms with van der Waals surface area (Å²) in [5.74, 6) is 0.710. The van der Waals surface area contributed by atoms with Crippen LogP contribution in [0.5, 0.6) is 5.75 Å². The van der Waals surface area contributed by atoms with Gasteiger partial charge in [-0.25, -0.2) is 0 Å². The molecule has 0 aliphatic heterocycles. The van der Waals surface area contributed by atoms with Gasteiger partial charge in [-0.1, -0.05) is 59.8 Å². The largest absolute Gasteiger partial charge is 0.483 e. The summed E-state index contributed by atoms with van der Waals surface area (Å²) < 4.78 is 11.0. The monoisotopic (exact) mass is 413 g/mol. The Morgan fingerprint density at radius 1 is 0.968 bits per heavy atom. The highest BCUT2D eigenvalue weighted by Gasteiger charge is 2.15. The number of benzene rings is 3. The average Bonchev–Trinajstić information content (AvgIpc) is 3.28. The second kappa shape index (κ2) is 9.04. The molecule has 0 atom stereocenters. The van der Waals surface area contributed by atoms with Crippen molar-refractivity contribution in [1.82, 2.24) is 10.1 Å². The van der Waals surface area contributed by atoms with E-state index in [0.717, 1.165) is 5.56 Å². The fourth-order valence-corrected chi connectivity index (χ4v) is 2.95. The molecular formula is C24H19N3O4. The lowest BCUT2D eigenvalue weighted by Gasteiger charge is -2.11. The predicted molar refractivity (Wildman–Crippen MR) is 115 cm³/mol. The number of carbonyl (C=O) groups excluding carboxylic acids is 2. The number of hydrogen-bond acceptors (Lipinski definition) is 6. The number of anilines is 1. The van der Waals surface area contributed by atoms with Gasteiger partial charge < -0.3 is 14.6 Å². The van der Waals surface area contributed by atoms with E-state index in [0.29, 0.717) is 34.3 Å². The normalized spacial score (nSPS) is 10.5. The molecule has 7 heteroatoms. The highest BCUT2D eigenvalue weighted by molar-refractivity contribution is 6.06. The van der Waals surface area contributed by atoms with Crippen molar-refractivity contribution in [3.8, 4) is 17.1 Å². The number of hydrogen-bond donors (Lipinski definition) is 1. The second-order valence-electron chi connectivity index (χ2n) is 6.75. The van der Waals surface area contributed by atoms with E-state index in [1.54, 1.807) is 48.5 Å². The highest BCUT2D eigenvalue weighted by atomic mass is 16.5. The molecule has 4 aromatic rings. The standard InChI is InChI=1S/C24H19N3O4/c1-16(28)18-10-7-11-19(14-18)25-24(29)20-12-5-6-13-21(20)30-15-22-26-23(27-31-22)17-8-3-2-4-9-17/h2-14H,15H2,1H3,(H,25,29). The molecule has 1 heterocycles. The molecule has 1 amide bonds. The Labute approximate surface area is 178 Å². The maximum Gasteiger partial charge on any atom is 0.264 e. The number of ether oxygens (including phenoxy) is 1. The first-order chi connectivity index (χ1) is 15.1. The molecule has 0 saturated carbocycles. The smallest absolute Gasteiger partial charge is 0.264 e. The van der Waals surface area contributed by atoms with Crippen molar-refractivity contribution in [2.75, 3.05) is 5.32 Å². The van der Waals surface area contributed by atoms with Crippen LogP contribution in [-0.2, 0) is 6.61 Å². The van der Waals surface area contributed by atoms with E-state index in [-0.39, 0.29) is 18.3 Å². The number of nitrogens with one attached hydrogen (secondary N) is 1. The van der Waals surface area contributed by atoms with E-state index in [4.69, 9.17) is 9.26 Å². The number of nitrogens with zero attached hydrogens (tertiary/aromatic N) is 2. The minimum absolute atomic E-state index is 0.0178. The lowest BCUT2D eigenvalue weighted by Crippen LogP contribution is -2.14. The zero-order chi connectivity index (χ0) is 21.6. The Morgan fingerprint density at radius 3 is 2.55 bits per heavy atom. The van der Waals surface area contributed by atoms with Gasteiger partial charge in [-0.05, 0) is 31.2 Å². The minimum atomic E-state index is -0.355. The van der Waals surface area contributed by atoms with E-state index in [1.807, 2.05) is 30.3 Å². The van der Waals surface area contributed by atoms with Gasteiger partial charge in [0.2, 0.25) is 5.82 Å². The van der Waals surface area contributed by atoms with Crippen LogP contribution in [0.4, 0.5) is 5.69 Å². The van der Waals surface area contributed by atoms with Crippen molar-refractivity contribution < 1.29 is 18.8 Å². The second-order valence-corrected chi connectivity index (χ2v) is 6.75. The summed E-state index contributed by atoms with van der Waals surface area (Å²) in [5, 5.41) is 6.76. The number of para-hydroxylation sites is 1. The lowest BCUT2D eigenvalue weighted by atomic mass is 10.1. The fourth-order valence-electron chi connectivity index (χ4n) is 2.95. The van der Waals surface area contributed by atoms with Gasteiger partial charge in [0, 0.05) is 16.8 Å². The topological polar surface area (TPSA) is 94.3 Å². The quantitative estimate of drug-likeness (QED) is 0.439. The highest BCUT2D eigenvalue weighted by Crippen LogP contribution is 2.22. The van der Waals surface area contributed by atoms with E-state index >= 15 is 0 Å². The fraction of sp³-hybridized carbons (Fsp3) is 0.0833. The molecule has 1 N–H and O–H groups in total. The Morgan fingerprint density at radius 2 is 1.74 bits per heavy atom. The van der Waals surface area contributed by atoms with E-state index in [9.17, 15) is 9.59 Å². The summed E-state index contributed by atoms with van der Waals surface area (Å²) in [7, 11) is 0. The molecule has 0 fully saturated rings. The zero-order valence-electron chi connectivity index (χ0n) is 16.7. The molecule has 0 unspecified atom stereocenters. The van der Waals surface area contributed by atoms with Gasteiger partial charge in [-0.15, -0.1) is 0 Å². The third kappa shape index (κ3) is 4.84. The lowest BCUT2D eigenvalue weighted by molar-refractivity contribution is 0.100. The van der Waals surface area contributed by atoms with Gasteiger partial charge in [-0.3, -0.25) is 9.59 Å². The van der Waals surface area contributed by atoms with Crippen molar-refractivity contribution >= 4 is 17.4 Å². The molecule has 0 bridgehead atoms. The number of Topliss-reactive ketones (excluding diaryl/α,β-unsaturated/α-hetero) is 1. The molecule has 3 aromatic carbocycles. The summed E-state index contributed by atoms with van der Waals surface area (Å²) in [6.07, 6.45) is 0. The third-order valence-corrected chi connectivity index (χ3v) is 4.51. The van der Waals surface area contributed by atoms with Crippen LogP contribution in [-0.4, -0.2) is 21.8 Å². The number of aromatic nitrogens is 2. The summed E-state index contributed by atoms with van der Waals surface area (Å²) >= 11 is 0. The van der Waals surface area contributed by atoms with E-state index < -0.39 is 0 Å². The molecule has 154 valence electrons. The Bertz CT molecular complexity index is 1220. The summed E-state index contributed by atoms with van der Waals surface area (Å²) in [4.78, 5) is 28.7. The summed E-state index contributed by atoms with van der Waals surface area (Å²) in [6, 6.07) is 23.1. The zero-order valence-corrected chi connectivity index (χ0v) is 16.7. The number of amides is 1. The number of ketones is 1. The van der Waals surface area contributed by atoms with Gasteiger partial charge in [0.15, 0.2) is 12.4 Å². The van der Waals surface area contributed by atoms with Crippen LogP contribution in [0.25, 0.3) is 11.4 Å². The van der Waals surface area contributed by atoms with Gasteiger partial charge >= 0.3 is 0 Å². The van der Waals surface area contributed by atoms with Crippen LogP contribution in [0.15, 0.2) is 83.4 Å². The molecule has 1 aromatic heterocycles. The maximum atomic E-state index is 12.8. The average molecular weight is 413 g/mol. The van der Waals surface area contributed by atoms with E-state index in [2.05, 4.69) is 15.5 Å². The molecule has 0 aliphatic rings. The van der Waals surface area contributed by atoms with Gasteiger partial charge in [0.25, 0.3) is 11.8 Å². The Hall–Kier alpha value is -4.26. The van der Waals surface area contributed by atoms with E-state index in [1.165, 1.54) is 6.92 Å². The van der Waals surface area contributed by atoms with Crippen LogP contribution in [0, 0.1) is 0 Å². The SMILES string of the molecule is CC(=O)c1cccc(NC(=O)c2ccccc2OCc2nc(-c3ccccc3)no2)c1. The molecule has 0 saturated heterocycles. The third-order valence-electron chi connectivity index (χ3n) is 4.51. The van der Waals surface area contributed by atoms with Crippen molar-refractivity contribution in [2.24, 2.45) is 0 Å². The molecule has 0 spiro atoms. The first-order valence-electron chi connectivity index (χ1n) is 9.62. The summed E-state index contributed by atoms with van der Waals surface area (Å²) in [6.45, 7) is 1.49. The van der Waals surface area contributed by atoms with Gasteiger partial charge in [-0.2, -0.15) is 4.98 Å². The number of rotatable bonds is 7. The first-order valence-corrected chi connectivity index (χ1v) is 9.62. The van der Waals surface area contributed by atoms with Crippen molar-refractivity contribution in [1.29, 1.82) is 0 Å². The van der Waals surface area contributed by atoms with Crippen LogP contribution in [0.3, 0.4) is 0 Å². The molecular weight excluding hydrogens is 394 g/mol. The Kier molecular flexibility index (Phi) is 5.84. The van der Waals surface area contributed by atoms with Crippen molar-refractivity contribution in [3.63, 3.8) is 0 Å². The Balaban J connectivity index is 1.46. The van der Waals surface area contributed by atoms with Crippen LogP contribution in [0.2, 0.25) is 0 Å². The molecule has 7 nitrogen and oxygen atoms in total. The maximum absolute atomic E-state index is 12.8. The molecule has 0 aliphatic carbocycles. The van der Waals surface area contributed by atoms with Crippen LogP contribution < -0.4 is 10.1 Å².